The molecule has 0 saturated carbocycles. The zero-order valence-electron chi connectivity index (χ0n) is 13.7. The number of anilines is 1. The molecule has 0 bridgehead atoms. The van der Waals surface area contributed by atoms with Crippen molar-refractivity contribution in [1.29, 1.82) is 0 Å². The Balaban J connectivity index is 1.66. The van der Waals surface area contributed by atoms with Crippen LogP contribution >= 0.6 is 11.8 Å². The van der Waals surface area contributed by atoms with E-state index in [4.69, 9.17) is 4.74 Å². The van der Waals surface area contributed by atoms with Crippen molar-refractivity contribution in [2.24, 2.45) is 0 Å². The molecule has 0 unspecified atom stereocenters. The van der Waals surface area contributed by atoms with Gasteiger partial charge >= 0.3 is 0 Å². The number of nitrogens with one attached hydrogen (secondary N) is 1. The van der Waals surface area contributed by atoms with Gasteiger partial charge in [0.15, 0.2) is 0 Å². The molecule has 1 atom stereocenters. The van der Waals surface area contributed by atoms with Gasteiger partial charge in [0.25, 0.3) is 0 Å². The summed E-state index contributed by atoms with van der Waals surface area (Å²) in [5, 5.41) is 5.08. The van der Waals surface area contributed by atoms with Gasteiger partial charge in [-0.1, -0.05) is 30.3 Å². The van der Waals surface area contributed by atoms with E-state index in [9.17, 15) is 4.79 Å². The lowest BCUT2D eigenvalue weighted by Crippen LogP contribution is -2.22. The summed E-state index contributed by atoms with van der Waals surface area (Å²) in [6, 6.07) is 21.8. The highest BCUT2D eigenvalue weighted by Crippen LogP contribution is 2.26. The highest BCUT2D eigenvalue weighted by atomic mass is 32.2. The summed E-state index contributed by atoms with van der Waals surface area (Å²) >= 11 is 1.53. The Kier molecular flexibility index (Phi) is 5.06. The standard InChI is InChI=1S/C20H19NO2S/c1-14(24-19-11-9-18(23-2)10-12-19)20(22)21-17-8-7-15-5-3-4-6-16(15)13-17/h3-14H,1-2H3,(H,21,22)/t14-/m0/s1. The van der Waals surface area contributed by atoms with Crippen LogP contribution in [0.15, 0.2) is 71.6 Å². The summed E-state index contributed by atoms with van der Waals surface area (Å²) in [4.78, 5) is 13.5. The molecule has 0 aliphatic carbocycles. The van der Waals surface area contributed by atoms with E-state index in [0.717, 1.165) is 27.1 Å². The predicted octanol–water partition coefficient (Wildman–Crippen LogP) is 4.97. The summed E-state index contributed by atoms with van der Waals surface area (Å²) in [6.07, 6.45) is 0. The molecule has 0 fully saturated rings. The van der Waals surface area contributed by atoms with Gasteiger partial charge in [0.1, 0.15) is 5.75 Å². The lowest BCUT2D eigenvalue weighted by Gasteiger charge is -2.13. The van der Waals surface area contributed by atoms with E-state index in [2.05, 4.69) is 11.4 Å². The van der Waals surface area contributed by atoms with Gasteiger partial charge in [0.2, 0.25) is 5.91 Å². The van der Waals surface area contributed by atoms with Crippen molar-refractivity contribution < 1.29 is 9.53 Å². The van der Waals surface area contributed by atoms with Crippen LogP contribution in [-0.2, 0) is 4.79 Å². The summed E-state index contributed by atoms with van der Waals surface area (Å²) in [6.45, 7) is 1.91. The number of fused-ring (bicyclic) bond motifs is 1. The Morgan fingerprint density at radius 1 is 1.00 bits per heavy atom. The highest BCUT2D eigenvalue weighted by molar-refractivity contribution is 8.00. The number of hydrogen-bond acceptors (Lipinski definition) is 3. The Morgan fingerprint density at radius 2 is 1.71 bits per heavy atom. The van der Waals surface area contributed by atoms with Crippen LogP contribution in [0.5, 0.6) is 5.75 Å². The van der Waals surface area contributed by atoms with Crippen LogP contribution in [0.25, 0.3) is 10.8 Å². The first-order valence-electron chi connectivity index (χ1n) is 7.76. The molecular formula is C20H19NO2S. The predicted molar refractivity (Wildman–Crippen MR) is 101 cm³/mol. The summed E-state index contributed by atoms with van der Waals surface area (Å²) in [7, 11) is 1.64. The van der Waals surface area contributed by atoms with Gasteiger partial charge in [-0.2, -0.15) is 0 Å². The molecule has 24 heavy (non-hydrogen) atoms. The van der Waals surface area contributed by atoms with Crippen molar-refractivity contribution in [3.8, 4) is 5.75 Å². The Hall–Kier alpha value is -2.46. The highest BCUT2D eigenvalue weighted by Gasteiger charge is 2.14. The fourth-order valence-corrected chi connectivity index (χ4v) is 3.29. The van der Waals surface area contributed by atoms with Crippen LogP contribution in [0.1, 0.15) is 6.92 Å². The first-order chi connectivity index (χ1) is 11.7. The molecule has 4 heteroatoms. The maximum atomic E-state index is 12.4. The molecule has 3 nitrogen and oxygen atoms in total. The second-order valence-electron chi connectivity index (χ2n) is 5.49. The third-order valence-electron chi connectivity index (χ3n) is 3.76. The van der Waals surface area contributed by atoms with E-state index in [1.54, 1.807) is 7.11 Å². The monoisotopic (exact) mass is 337 g/mol. The molecule has 0 radical (unpaired) electrons. The molecule has 0 heterocycles. The summed E-state index contributed by atoms with van der Waals surface area (Å²) in [5.41, 5.74) is 0.820. The van der Waals surface area contributed by atoms with Crippen LogP contribution in [0.2, 0.25) is 0 Å². The number of thioether (sulfide) groups is 1. The lowest BCUT2D eigenvalue weighted by molar-refractivity contribution is -0.115. The molecule has 3 aromatic carbocycles. The van der Waals surface area contributed by atoms with E-state index in [-0.39, 0.29) is 11.2 Å². The van der Waals surface area contributed by atoms with Gasteiger partial charge in [0.05, 0.1) is 12.4 Å². The minimum Gasteiger partial charge on any atom is -0.497 e. The molecule has 0 spiro atoms. The molecule has 122 valence electrons. The van der Waals surface area contributed by atoms with E-state index in [1.807, 2.05) is 67.6 Å². The lowest BCUT2D eigenvalue weighted by atomic mass is 10.1. The normalized spacial score (nSPS) is 11.9. The van der Waals surface area contributed by atoms with Gasteiger partial charge in [-0.15, -0.1) is 11.8 Å². The van der Waals surface area contributed by atoms with E-state index >= 15 is 0 Å². The molecule has 0 saturated heterocycles. The van der Waals surface area contributed by atoms with Crippen molar-refractivity contribution >= 4 is 34.1 Å². The first-order valence-corrected chi connectivity index (χ1v) is 8.64. The zero-order chi connectivity index (χ0) is 16.9. The molecule has 3 rings (SSSR count). The van der Waals surface area contributed by atoms with Crippen LogP contribution in [-0.4, -0.2) is 18.3 Å². The van der Waals surface area contributed by atoms with Crippen molar-refractivity contribution in [1.82, 2.24) is 0 Å². The van der Waals surface area contributed by atoms with Crippen molar-refractivity contribution in [3.63, 3.8) is 0 Å². The van der Waals surface area contributed by atoms with Gasteiger partial charge in [0, 0.05) is 10.6 Å². The maximum absolute atomic E-state index is 12.4. The Labute approximate surface area is 146 Å². The number of ether oxygens (including phenoxy) is 1. The van der Waals surface area contributed by atoms with E-state index < -0.39 is 0 Å². The van der Waals surface area contributed by atoms with E-state index in [1.165, 1.54) is 11.8 Å². The Bertz CT molecular complexity index is 846. The van der Waals surface area contributed by atoms with Gasteiger partial charge < -0.3 is 10.1 Å². The van der Waals surface area contributed by atoms with Gasteiger partial charge in [-0.05, 0) is 54.1 Å². The third kappa shape index (κ3) is 3.89. The van der Waals surface area contributed by atoms with Crippen LogP contribution in [0.4, 0.5) is 5.69 Å². The minimum absolute atomic E-state index is 0.00824. The summed E-state index contributed by atoms with van der Waals surface area (Å²) < 4.78 is 5.15. The maximum Gasteiger partial charge on any atom is 0.237 e. The fraction of sp³-hybridized carbons (Fsp3) is 0.150. The van der Waals surface area contributed by atoms with Crippen molar-refractivity contribution in [2.45, 2.75) is 17.1 Å². The topological polar surface area (TPSA) is 38.3 Å². The molecule has 3 aromatic rings. The first kappa shape index (κ1) is 16.4. The fourth-order valence-electron chi connectivity index (χ4n) is 2.42. The van der Waals surface area contributed by atoms with Crippen LogP contribution in [0.3, 0.4) is 0 Å². The Morgan fingerprint density at radius 3 is 2.42 bits per heavy atom. The quantitative estimate of drug-likeness (QED) is 0.668. The van der Waals surface area contributed by atoms with Gasteiger partial charge in [-0.3, -0.25) is 4.79 Å². The number of amides is 1. The number of carbonyl (C=O) groups excluding carboxylic acids is 1. The SMILES string of the molecule is COc1ccc(S[C@@H](C)C(=O)Nc2ccc3ccccc3c2)cc1. The van der Waals surface area contributed by atoms with Gasteiger partial charge in [-0.25, -0.2) is 0 Å². The molecule has 0 aliphatic heterocycles. The number of benzene rings is 3. The number of rotatable bonds is 5. The molecule has 0 aromatic heterocycles. The zero-order valence-corrected chi connectivity index (χ0v) is 14.5. The minimum atomic E-state index is -0.190. The third-order valence-corrected chi connectivity index (χ3v) is 4.87. The van der Waals surface area contributed by atoms with Crippen molar-refractivity contribution in [3.05, 3.63) is 66.7 Å². The molecule has 1 N–H and O–H groups in total. The van der Waals surface area contributed by atoms with E-state index in [0.29, 0.717) is 0 Å². The second-order valence-corrected chi connectivity index (χ2v) is 6.90. The molecule has 1 amide bonds. The number of methoxy groups -OCH3 is 1. The van der Waals surface area contributed by atoms with Crippen molar-refractivity contribution in [2.75, 3.05) is 12.4 Å². The number of carbonyl (C=O) groups is 1. The largest absolute Gasteiger partial charge is 0.497 e. The molecule has 0 aliphatic rings. The molecular weight excluding hydrogens is 318 g/mol. The second kappa shape index (κ2) is 7.41. The average Bonchev–Trinajstić information content (AvgIpc) is 2.62. The average molecular weight is 337 g/mol. The van der Waals surface area contributed by atoms with Crippen LogP contribution < -0.4 is 10.1 Å². The number of hydrogen-bond donors (Lipinski definition) is 1. The summed E-state index contributed by atoms with van der Waals surface area (Å²) in [5.74, 6) is 0.804. The smallest absolute Gasteiger partial charge is 0.237 e. The van der Waals surface area contributed by atoms with Crippen LogP contribution in [0, 0.1) is 0 Å².